The van der Waals surface area contributed by atoms with Crippen LogP contribution in [0.1, 0.15) is 26.2 Å². The van der Waals surface area contributed by atoms with Gasteiger partial charge in [0.1, 0.15) is 0 Å². The third-order valence-electron chi connectivity index (χ3n) is 5.39. The first-order chi connectivity index (χ1) is 11.8. The highest BCUT2D eigenvalue weighted by molar-refractivity contribution is 7.99. The smallest absolute Gasteiger partial charge is 0.194 e. The van der Waals surface area contributed by atoms with Crippen LogP contribution in [0, 0.1) is 11.8 Å². The van der Waals surface area contributed by atoms with Gasteiger partial charge in [0, 0.05) is 52.4 Å². The molecule has 138 valence electrons. The monoisotopic (exact) mass is 354 g/mol. The van der Waals surface area contributed by atoms with Crippen LogP contribution in [0.5, 0.6) is 0 Å². The van der Waals surface area contributed by atoms with Crippen molar-refractivity contribution in [1.82, 2.24) is 15.1 Å². The van der Waals surface area contributed by atoms with Crippen molar-refractivity contribution in [3.63, 3.8) is 0 Å². The highest BCUT2D eigenvalue weighted by Crippen LogP contribution is 2.23. The molecule has 0 spiro atoms. The maximum Gasteiger partial charge on any atom is 0.194 e. The summed E-state index contributed by atoms with van der Waals surface area (Å²) in [5, 5.41) is 3.51. The SMILES string of the molecule is CCNC(=NCC1CCSCC1)N1CCN(CC2CCOC2)CC1. The molecule has 0 bridgehead atoms. The highest BCUT2D eigenvalue weighted by atomic mass is 32.2. The van der Waals surface area contributed by atoms with E-state index in [0.717, 1.165) is 70.3 Å². The van der Waals surface area contributed by atoms with E-state index in [1.807, 2.05) is 0 Å². The Kier molecular flexibility index (Phi) is 7.55. The fourth-order valence-corrected chi connectivity index (χ4v) is 5.01. The van der Waals surface area contributed by atoms with E-state index >= 15 is 0 Å². The second kappa shape index (κ2) is 9.88. The summed E-state index contributed by atoms with van der Waals surface area (Å²) in [5.74, 6) is 5.33. The Morgan fingerprint density at radius 2 is 1.92 bits per heavy atom. The van der Waals surface area contributed by atoms with Gasteiger partial charge in [-0.3, -0.25) is 9.89 Å². The molecule has 5 nitrogen and oxygen atoms in total. The number of guanidine groups is 1. The van der Waals surface area contributed by atoms with Gasteiger partial charge in [0.2, 0.25) is 0 Å². The van der Waals surface area contributed by atoms with Crippen LogP contribution in [0.3, 0.4) is 0 Å². The van der Waals surface area contributed by atoms with Crippen LogP contribution in [0.15, 0.2) is 4.99 Å². The van der Waals surface area contributed by atoms with Crippen LogP contribution in [0.2, 0.25) is 0 Å². The minimum absolute atomic E-state index is 0.752. The molecule has 24 heavy (non-hydrogen) atoms. The van der Waals surface area contributed by atoms with Crippen LogP contribution in [0.25, 0.3) is 0 Å². The van der Waals surface area contributed by atoms with Gasteiger partial charge in [-0.1, -0.05) is 0 Å². The number of nitrogens with one attached hydrogen (secondary N) is 1. The number of nitrogens with zero attached hydrogens (tertiary/aromatic N) is 3. The molecule has 0 saturated carbocycles. The maximum atomic E-state index is 5.51. The number of thioether (sulfide) groups is 1. The molecule has 3 fully saturated rings. The number of piperazine rings is 1. The van der Waals surface area contributed by atoms with E-state index in [0.29, 0.717) is 0 Å². The molecule has 3 heterocycles. The van der Waals surface area contributed by atoms with Gasteiger partial charge in [-0.2, -0.15) is 11.8 Å². The molecule has 1 unspecified atom stereocenters. The first-order valence-corrected chi connectivity index (χ1v) is 10.9. The third kappa shape index (κ3) is 5.53. The van der Waals surface area contributed by atoms with E-state index in [-0.39, 0.29) is 0 Å². The summed E-state index contributed by atoms with van der Waals surface area (Å²) in [7, 11) is 0. The van der Waals surface area contributed by atoms with Crippen LogP contribution in [-0.4, -0.2) is 86.3 Å². The normalized spacial score (nSPS) is 27.6. The minimum atomic E-state index is 0.752. The van der Waals surface area contributed by atoms with E-state index in [1.165, 1.54) is 37.3 Å². The Morgan fingerprint density at radius 1 is 1.12 bits per heavy atom. The third-order valence-corrected chi connectivity index (χ3v) is 6.44. The van der Waals surface area contributed by atoms with Crippen molar-refractivity contribution < 1.29 is 4.74 Å². The molecule has 3 aliphatic rings. The maximum absolute atomic E-state index is 5.51. The molecule has 3 saturated heterocycles. The van der Waals surface area contributed by atoms with Crippen molar-refractivity contribution in [2.24, 2.45) is 16.8 Å². The summed E-state index contributed by atoms with van der Waals surface area (Å²) < 4.78 is 5.51. The molecule has 0 radical (unpaired) electrons. The van der Waals surface area contributed by atoms with Gasteiger partial charge in [-0.05, 0) is 49.5 Å². The number of aliphatic imine (C=N–C) groups is 1. The lowest BCUT2D eigenvalue weighted by molar-refractivity contribution is 0.139. The Morgan fingerprint density at radius 3 is 2.58 bits per heavy atom. The van der Waals surface area contributed by atoms with E-state index in [4.69, 9.17) is 9.73 Å². The number of hydrogen-bond acceptors (Lipinski definition) is 4. The van der Waals surface area contributed by atoms with E-state index < -0.39 is 0 Å². The lowest BCUT2D eigenvalue weighted by Gasteiger charge is -2.37. The minimum Gasteiger partial charge on any atom is -0.381 e. The molecule has 0 aliphatic carbocycles. The van der Waals surface area contributed by atoms with Crippen molar-refractivity contribution >= 4 is 17.7 Å². The predicted octanol–water partition coefficient (Wildman–Crippen LogP) is 1.75. The summed E-state index contributed by atoms with van der Waals surface area (Å²) in [6, 6.07) is 0. The average molecular weight is 355 g/mol. The Labute approximate surface area is 151 Å². The molecule has 1 atom stereocenters. The van der Waals surface area contributed by atoms with E-state index in [1.54, 1.807) is 0 Å². The lowest BCUT2D eigenvalue weighted by atomic mass is 10.0. The summed E-state index contributed by atoms with van der Waals surface area (Å²) in [4.78, 5) is 10.0. The summed E-state index contributed by atoms with van der Waals surface area (Å²) in [6.07, 6.45) is 3.92. The Hall–Kier alpha value is -0.460. The van der Waals surface area contributed by atoms with Gasteiger partial charge in [-0.25, -0.2) is 0 Å². The fourth-order valence-electron chi connectivity index (χ4n) is 3.81. The Bertz CT molecular complexity index is 386. The fraction of sp³-hybridized carbons (Fsp3) is 0.944. The predicted molar refractivity (Wildman–Crippen MR) is 103 cm³/mol. The average Bonchev–Trinajstić information content (AvgIpc) is 3.13. The summed E-state index contributed by atoms with van der Waals surface area (Å²) in [6.45, 7) is 11.8. The molecular formula is C18H34N4OS. The molecular weight excluding hydrogens is 320 g/mol. The zero-order valence-corrected chi connectivity index (χ0v) is 16.0. The zero-order valence-electron chi connectivity index (χ0n) is 15.2. The summed E-state index contributed by atoms with van der Waals surface area (Å²) >= 11 is 2.10. The first kappa shape index (κ1) is 18.3. The van der Waals surface area contributed by atoms with Gasteiger partial charge in [0.05, 0.1) is 6.61 Å². The van der Waals surface area contributed by atoms with Gasteiger partial charge < -0.3 is 15.0 Å². The molecule has 0 aromatic carbocycles. The molecule has 3 aliphatic heterocycles. The van der Waals surface area contributed by atoms with Crippen LogP contribution in [0.4, 0.5) is 0 Å². The summed E-state index contributed by atoms with van der Waals surface area (Å²) in [5.41, 5.74) is 0. The Balaban J connectivity index is 1.45. The number of ether oxygens (including phenoxy) is 1. The van der Waals surface area contributed by atoms with Crippen molar-refractivity contribution in [3.8, 4) is 0 Å². The zero-order chi connectivity index (χ0) is 16.6. The van der Waals surface area contributed by atoms with Gasteiger partial charge in [-0.15, -0.1) is 0 Å². The topological polar surface area (TPSA) is 40.1 Å². The molecule has 0 aromatic rings. The van der Waals surface area contributed by atoms with Crippen molar-refractivity contribution in [2.75, 3.05) is 70.5 Å². The second-order valence-electron chi connectivity index (χ2n) is 7.27. The standard InChI is InChI=1S/C18H34N4OS/c1-2-19-18(20-13-16-4-11-24-12-5-16)22-8-6-21(7-9-22)14-17-3-10-23-15-17/h16-17H,2-15H2,1H3,(H,19,20). The van der Waals surface area contributed by atoms with Crippen LogP contribution < -0.4 is 5.32 Å². The van der Waals surface area contributed by atoms with Crippen LogP contribution in [-0.2, 0) is 4.74 Å². The van der Waals surface area contributed by atoms with Crippen molar-refractivity contribution in [2.45, 2.75) is 26.2 Å². The molecule has 0 amide bonds. The highest BCUT2D eigenvalue weighted by Gasteiger charge is 2.24. The van der Waals surface area contributed by atoms with Crippen molar-refractivity contribution in [1.29, 1.82) is 0 Å². The van der Waals surface area contributed by atoms with Gasteiger partial charge in [0.25, 0.3) is 0 Å². The second-order valence-corrected chi connectivity index (χ2v) is 8.49. The largest absolute Gasteiger partial charge is 0.381 e. The van der Waals surface area contributed by atoms with Gasteiger partial charge in [0.15, 0.2) is 5.96 Å². The van der Waals surface area contributed by atoms with Gasteiger partial charge >= 0.3 is 0 Å². The number of hydrogen-bond donors (Lipinski definition) is 1. The lowest BCUT2D eigenvalue weighted by Crippen LogP contribution is -2.53. The molecule has 3 rings (SSSR count). The molecule has 0 aromatic heterocycles. The van der Waals surface area contributed by atoms with Crippen molar-refractivity contribution in [3.05, 3.63) is 0 Å². The quantitative estimate of drug-likeness (QED) is 0.602. The van der Waals surface area contributed by atoms with E-state index in [2.05, 4.69) is 33.8 Å². The number of rotatable bonds is 5. The molecule has 1 N–H and O–H groups in total. The van der Waals surface area contributed by atoms with E-state index in [9.17, 15) is 0 Å². The first-order valence-electron chi connectivity index (χ1n) is 9.76. The molecule has 6 heteroatoms. The van der Waals surface area contributed by atoms with Crippen LogP contribution >= 0.6 is 11.8 Å².